The maximum absolute atomic E-state index is 12.8. The van der Waals surface area contributed by atoms with Gasteiger partial charge in [0.2, 0.25) is 0 Å². The summed E-state index contributed by atoms with van der Waals surface area (Å²) in [6, 6.07) is 2.14. The molecule has 1 amide bonds. The predicted octanol–water partition coefficient (Wildman–Crippen LogP) is 3.33. The molecule has 1 unspecified atom stereocenters. The van der Waals surface area contributed by atoms with Crippen LogP contribution in [0.4, 0.5) is 0 Å². The molecule has 6 heteroatoms. The van der Waals surface area contributed by atoms with Crippen molar-refractivity contribution in [3.8, 4) is 0 Å². The van der Waals surface area contributed by atoms with Crippen LogP contribution < -0.4 is 5.32 Å². The van der Waals surface area contributed by atoms with Crippen LogP contribution in [-0.4, -0.2) is 46.6 Å². The SMILES string of the molecule is CCN(CC)C(CNC(=O)c1cc(C)nc2onc(C)c12)CC(C)C. The van der Waals surface area contributed by atoms with E-state index in [1.807, 2.05) is 13.8 Å². The molecule has 0 aliphatic carbocycles. The first-order chi connectivity index (χ1) is 11.9. The van der Waals surface area contributed by atoms with Crippen LogP contribution >= 0.6 is 0 Å². The Morgan fingerprint density at radius 3 is 2.56 bits per heavy atom. The lowest BCUT2D eigenvalue weighted by atomic mass is 10.0. The highest BCUT2D eigenvalue weighted by molar-refractivity contribution is 6.06. The first-order valence-corrected chi connectivity index (χ1v) is 9.13. The minimum atomic E-state index is -0.0947. The van der Waals surface area contributed by atoms with E-state index in [1.54, 1.807) is 6.07 Å². The first kappa shape index (κ1) is 19.4. The predicted molar refractivity (Wildman–Crippen MR) is 99.8 cm³/mol. The Morgan fingerprint density at radius 2 is 1.96 bits per heavy atom. The minimum Gasteiger partial charge on any atom is -0.350 e. The number of aromatic nitrogens is 2. The van der Waals surface area contributed by atoms with Crippen LogP contribution in [0.3, 0.4) is 0 Å². The van der Waals surface area contributed by atoms with Crippen molar-refractivity contribution in [3.63, 3.8) is 0 Å². The van der Waals surface area contributed by atoms with Gasteiger partial charge in [-0.2, -0.15) is 0 Å². The number of amides is 1. The maximum atomic E-state index is 12.8. The summed E-state index contributed by atoms with van der Waals surface area (Å²) in [6.07, 6.45) is 1.05. The highest BCUT2D eigenvalue weighted by Crippen LogP contribution is 2.22. The summed E-state index contributed by atoms with van der Waals surface area (Å²) in [5.74, 6) is 0.486. The number of nitrogens with zero attached hydrogens (tertiary/aromatic N) is 3. The molecule has 25 heavy (non-hydrogen) atoms. The second-order valence-electron chi connectivity index (χ2n) is 6.97. The van der Waals surface area contributed by atoms with Gasteiger partial charge < -0.3 is 9.84 Å². The smallest absolute Gasteiger partial charge is 0.258 e. The van der Waals surface area contributed by atoms with Gasteiger partial charge in [0.1, 0.15) is 0 Å². The number of fused-ring (bicyclic) bond motifs is 1. The molecule has 0 saturated carbocycles. The van der Waals surface area contributed by atoms with Gasteiger partial charge in [-0.15, -0.1) is 0 Å². The molecular weight excluding hydrogens is 316 g/mol. The Morgan fingerprint density at radius 1 is 1.28 bits per heavy atom. The number of carbonyl (C=O) groups is 1. The van der Waals surface area contributed by atoms with Crippen LogP contribution in [0.5, 0.6) is 0 Å². The van der Waals surface area contributed by atoms with Gasteiger partial charge in [-0.25, -0.2) is 4.98 Å². The summed E-state index contributed by atoms with van der Waals surface area (Å²) in [7, 11) is 0. The van der Waals surface area contributed by atoms with Crippen molar-refractivity contribution in [2.24, 2.45) is 5.92 Å². The number of hydrogen-bond donors (Lipinski definition) is 1. The third-order valence-corrected chi connectivity index (χ3v) is 4.56. The second kappa shape index (κ2) is 8.43. The Kier molecular flexibility index (Phi) is 6.53. The summed E-state index contributed by atoms with van der Waals surface area (Å²) in [5, 5.41) is 7.76. The highest BCUT2D eigenvalue weighted by atomic mass is 16.5. The molecule has 2 aromatic rings. The topological polar surface area (TPSA) is 71.3 Å². The zero-order valence-electron chi connectivity index (χ0n) is 16.2. The van der Waals surface area contributed by atoms with E-state index in [9.17, 15) is 4.79 Å². The van der Waals surface area contributed by atoms with Gasteiger partial charge >= 0.3 is 0 Å². The van der Waals surface area contributed by atoms with Crippen molar-refractivity contribution < 1.29 is 9.32 Å². The van der Waals surface area contributed by atoms with Gasteiger partial charge in [-0.05, 0) is 45.3 Å². The summed E-state index contributed by atoms with van der Waals surface area (Å²) in [5.41, 5.74) is 2.45. The number of pyridine rings is 1. The monoisotopic (exact) mass is 346 g/mol. The largest absolute Gasteiger partial charge is 0.350 e. The Bertz CT molecular complexity index is 720. The summed E-state index contributed by atoms with van der Waals surface area (Å²) in [6.45, 7) is 15.0. The first-order valence-electron chi connectivity index (χ1n) is 9.13. The van der Waals surface area contributed by atoms with E-state index in [0.717, 1.165) is 25.2 Å². The van der Waals surface area contributed by atoms with Crippen molar-refractivity contribution in [3.05, 3.63) is 23.0 Å². The molecule has 2 rings (SSSR count). The third-order valence-electron chi connectivity index (χ3n) is 4.56. The van der Waals surface area contributed by atoms with Crippen molar-refractivity contribution in [2.45, 2.75) is 54.0 Å². The lowest BCUT2D eigenvalue weighted by Gasteiger charge is -2.31. The lowest BCUT2D eigenvalue weighted by molar-refractivity contribution is 0.0930. The fourth-order valence-electron chi connectivity index (χ4n) is 3.35. The summed E-state index contributed by atoms with van der Waals surface area (Å²) in [4.78, 5) is 19.5. The molecule has 6 nitrogen and oxygen atoms in total. The molecule has 1 atom stereocenters. The molecule has 0 spiro atoms. The number of aryl methyl sites for hydroxylation is 2. The van der Waals surface area contributed by atoms with Crippen LogP contribution in [0, 0.1) is 19.8 Å². The van der Waals surface area contributed by atoms with Gasteiger partial charge in [0.25, 0.3) is 11.6 Å². The molecule has 0 aliphatic heterocycles. The molecule has 0 aliphatic rings. The Hall–Kier alpha value is -1.95. The molecule has 1 N–H and O–H groups in total. The van der Waals surface area contributed by atoms with Gasteiger partial charge in [0, 0.05) is 18.3 Å². The van der Waals surface area contributed by atoms with E-state index in [0.29, 0.717) is 40.9 Å². The molecule has 138 valence electrons. The zero-order valence-corrected chi connectivity index (χ0v) is 16.2. The van der Waals surface area contributed by atoms with E-state index in [2.05, 4.69) is 48.1 Å². The van der Waals surface area contributed by atoms with Crippen molar-refractivity contribution in [2.75, 3.05) is 19.6 Å². The maximum Gasteiger partial charge on any atom is 0.258 e. The van der Waals surface area contributed by atoms with Gasteiger partial charge in [-0.1, -0.05) is 32.9 Å². The van der Waals surface area contributed by atoms with Gasteiger partial charge in [-0.3, -0.25) is 9.69 Å². The molecule has 2 aromatic heterocycles. The lowest BCUT2D eigenvalue weighted by Crippen LogP contribution is -2.44. The molecule has 0 saturated heterocycles. The van der Waals surface area contributed by atoms with E-state index in [1.165, 1.54) is 0 Å². The summed E-state index contributed by atoms with van der Waals surface area (Å²) < 4.78 is 5.22. The number of carbonyl (C=O) groups excluding carboxylic acids is 1. The van der Waals surface area contributed by atoms with Crippen LogP contribution in [0.15, 0.2) is 10.6 Å². The average molecular weight is 346 g/mol. The van der Waals surface area contributed by atoms with Crippen LogP contribution in [0.1, 0.15) is 55.9 Å². The molecular formula is C19H30N4O2. The fraction of sp³-hybridized carbons (Fsp3) is 0.632. The molecule has 0 bridgehead atoms. The van der Waals surface area contributed by atoms with E-state index < -0.39 is 0 Å². The fourth-order valence-corrected chi connectivity index (χ4v) is 3.35. The number of hydrogen-bond acceptors (Lipinski definition) is 5. The minimum absolute atomic E-state index is 0.0947. The van der Waals surface area contributed by atoms with E-state index in [4.69, 9.17) is 4.52 Å². The third kappa shape index (κ3) is 4.57. The molecule has 0 aromatic carbocycles. The van der Waals surface area contributed by atoms with Crippen LogP contribution in [0.25, 0.3) is 11.1 Å². The number of rotatable bonds is 8. The quantitative estimate of drug-likeness (QED) is 0.794. The molecule has 0 radical (unpaired) electrons. The zero-order chi connectivity index (χ0) is 18.6. The molecule has 0 fully saturated rings. The Labute approximate surface area is 150 Å². The standard InChI is InChI=1S/C19H30N4O2/c1-7-23(8-2)15(9-12(3)4)11-20-18(24)16-10-13(5)21-19-17(16)14(6)22-25-19/h10,12,15H,7-9,11H2,1-6H3,(H,20,24). The van der Waals surface area contributed by atoms with Crippen molar-refractivity contribution in [1.29, 1.82) is 0 Å². The number of nitrogens with one attached hydrogen (secondary N) is 1. The van der Waals surface area contributed by atoms with Gasteiger partial charge in [0.15, 0.2) is 0 Å². The number of likely N-dealkylation sites (N-methyl/N-ethyl adjacent to an activating group) is 1. The van der Waals surface area contributed by atoms with Crippen molar-refractivity contribution >= 4 is 17.0 Å². The normalized spacial score (nSPS) is 13.0. The van der Waals surface area contributed by atoms with Crippen LogP contribution in [-0.2, 0) is 0 Å². The Balaban J connectivity index is 2.19. The molecule has 2 heterocycles. The average Bonchev–Trinajstić information content (AvgIpc) is 2.93. The highest BCUT2D eigenvalue weighted by Gasteiger charge is 2.21. The van der Waals surface area contributed by atoms with Crippen molar-refractivity contribution in [1.82, 2.24) is 20.4 Å². The van der Waals surface area contributed by atoms with Crippen LogP contribution in [0.2, 0.25) is 0 Å². The van der Waals surface area contributed by atoms with E-state index in [-0.39, 0.29) is 5.91 Å². The second-order valence-corrected chi connectivity index (χ2v) is 6.97. The summed E-state index contributed by atoms with van der Waals surface area (Å²) >= 11 is 0. The van der Waals surface area contributed by atoms with E-state index >= 15 is 0 Å². The van der Waals surface area contributed by atoms with Gasteiger partial charge in [0.05, 0.1) is 16.6 Å².